The van der Waals surface area contributed by atoms with Crippen molar-refractivity contribution in [2.45, 2.75) is 19.1 Å². The zero-order chi connectivity index (χ0) is 15.4. The Bertz CT molecular complexity index is 618. The monoisotopic (exact) mass is 343 g/mol. The number of hydrogen-bond acceptors (Lipinski definition) is 2. The van der Waals surface area contributed by atoms with Crippen molar-refractivity contribution in [1.82, 2.24) is 5.32 Å². The molecule has 2 N–H and O–H groups in total. The van der Waals surface area contributed by atoms with Crippen LogP contribution in [0.1, 0.15) is 30.2 Å². The summed E-state index contributed by atoms with van der Waals surface area (Å²) < 4.78 is 0. The lowest BCUT2D eigenvalue weighted by atomic mass is 10.1. The Morgan fingerprint density at radius 3 is 2.48 bits per heavy atom. The molecule has 1 unspecified atom stereocenters. The summed E-state index contributed by atoms with van der Waals surface area (Å²) in [5.41, 5.74) is 1.68. The first kappa shape index (κ1) is 16.6. The van der Waals surface area contributed by atoms with Gasteiger partial charge in [-0.15, -0.1) is 0 Å². The van der Waals surface area contributed by atoms with Crippen LogP contribution in [-0.2, 0) is 0 Å². The second-order valence-corrected chi connectivity index (χ2v) is 6.15. The maximum absolute atomic E-state index is 10.2. The average Bonchev–Trinajstić information content (AvgIpc) is 2.47. The van der Waals surface area contributed by atoms with Gasteiger partial charge < -0.3 is 10.4 Å². The van der Waals surface area contributed by atoms with Gasteiger partial charge in [-0.25, -0.2) is 0 Å². The van der Waals surface area contributed by atoms with Gasteiger partial charge in [-0.2, -0.15) is 0 Å². The van der Waals surface area contributed by atoms with Crippen LogP contribution in [0.3, 0.4) is 0 Å². The van der Waals surface area contributed by atoms with E-state index in [2.05, 4.69) is 5.32 Å². The minimum absolute atomic E-state index is 0.0660. The van der Waals surface area contributed by atoms with E-state index in [1.54, 1.807) is 18.2 Å². The normalized spacial score (nSPS) is 14.0. The van der Waals surface area contributed by atoms with E-state index in [9.17, 15) is 5.11 Å². The summed E-state index contributed by atoms with van der Waals surface area (Å²) in [7, 11) is 0. The van der Waals surface area contributed by atoms with Crippen LogP contribution in [0.25, 0.3) is 0 Å². The van der Waals surface area contributed by atoms with Crippen LogP contribution in [-0.4, -0.2) is 11.7 Å². The quantitative estimate of drug-likeness (QED) is 0.797. The van der Waals surface area contributed by atoms with E-state index >= 15 is 0 Å². The third-order valence-corrected chi connectivity index (χ3v) is 4.10. The highest BCUT2D eigenvalue weighted by Crippen LogP contribution is 2.26. The molecule has 2 atom stereocenters. The van der Waals surface area contributed by atoms with Gasteiger partial charge in [0.05, 0.1) is 6.10 Å². The molecule has 2 rings (SSSR count). The topological polar surface area (TPSA) is 32.3 Å². The van der Waals surface area contributed by atoms with Crippen LogP contribution in [0.5, 0.6) is 0 Å². The van der Waals surface area contributed by atoms with E-state index in [0.717, 1.165) is 5.56 Å². The Labute approximate surface area is 139 Å². The molecule has 0 heterocycles. The van der Waals surface area contributed by atoms with Gasteiger partial charge in [-0.3, -0.25) is 0 Å². The molecular formula is C16H16Cl3NO. The van der Waals surface area contributed by atoms with Gasteiger partial charge in [-0.1, -0.05) is 46.9 Å². The number of nitrogens with one attached hydrogen (secondary N) is 1. The molecular weight excluding hydrogens is 329 g/mol. The summed E-state index contributed by atoms with van der Waals surface area (Å²) in [6, 6.07) is 12.8. The van der Waals surface area contributed by atoms with Crippen LogP contribution in [0.4, 0.5) is 0 Å². The molecule has 112 valence electrons. The highest BCUT2D eigenvalue weighted by molar-refractivity contribution is 6.33. The van der Waals surface area contributed by atoms with Crippen molar-refractivity contribution in [3.05, 3.63) is 68.7 Å². The van der Waals surface area contributed by atoms with Gasteiger partial charge in [-0.05, 0) is 42.8 Å². The van der Waals surface area contributed by atoms with E-state index in [1.807, 2.05) is 31.2 Å². The zero-order valence-corrected chi connectivity index (χ0v) is 13.8. The molecule has 0 saturated heterocycles. The minimum Gasteiger partial charge on any atom is -0.387 e. The smallest absolute Gasteiger partial charge is 0.0929 e. The first-order valence-electron chi connectivity index (χ1n) is 6.59. The SMILES string of the molecule is C[C@H](NCC(O)c1cc(Cl)ccc1Cl)c1cccc(Cl)c1. The Morgan fingerprint density at radius 2 is 1.76 bits per heavy atom. The summed E-state index contributed by atoms with van der Waals surface area (Å²) in [5.74, 6) is 0. The lowest BCUT2D eigenvalue weighted by Gasteiger charge is -2.19. The number of rotatable bonds is 5. The van der Waals surface area contributed by atoms with Crippen molar-refractivity contribution in [3.8, 4) is 0 Å². The summed E-state index contributed by atoms with van der Waals surface area (Å²) in [6.07, 6.45) is -0.724. The van der Waals surface area contributed by atoms with Crippen molar-refractivity contribution >= 4 is 34.8 Å². The third kappa shape index (κ3) is 4.60. The highest BCUT2D eigenvalue weighted by Gasteiger charge is 2.14. The van der Waals surface area contributed by atoms with E-state index in [-0.39, 0.29) is 6.04 Å². The Kier molecular flexibility index (Phi) is 5.91. The Balaban J connectivity index is 2.00. The number of aliphatic hydroxyl groups is 1. The van der Waals surface area contributed by atoms with Gasteiger partial charge in [0.25, 0.3) is 0 Å². The van der Waals surface area contributed by atoms with Crippen LogP contribution >= 0.6 is 34.8 Å². The third-order valence-electron chi connectivity index (χ3n) is 3.28. The van der Waals surface area contributed by atoms with E-state index < -0.39 is 6.10 Å². The second-order valence-electron chi connectivity index (χ2n) is 4.87. The van der Waals surface area contributed by atoms with Crippen LogP contribution in [0.15, 0.2) is 42.5 Å². The van der Waals surface area contributed by atoms with Crippen LogP contribution in [0, 0.1) is 0 Å². The first-order chi connectivity index (χ1) is 9.97. The van der Waals surface area contributed by atoms with E-state index in [0.29, 0.717) is 27.2 Å². The maximum atomic E-state index is 10.2. The first-order valence-corrected chi connectivity index (χ1v) is 7.72. The molecule has 21 heavy (non-hydrogen) atoms. The highest BCUT2D eigenvalue weighted by atomic mass is 35.5. The fourth-order valence-electron chi connectivity index (χ4n) is 2.06. The maximum Gasteiger partial charge on any atom is 0.0929 e. The molecule has 2 aromatic rings. The molecule has 0 aliphatic carbocycles. The number of hydrogen-bond donors (Lipinski definition) is 2. The molecule has 0 radical (unpaired) electrons. The summed E-state index contributed by atoms with van der Waals surface area (Å²) in [6.45, 7) is 2.38. The summed E-state index contributed by atoms with van der Waals surface area (Å²) in [5, 5.41) is 15.3. The number of halogens is 3. The lowest BCUT2D eigenvalue weighted by Crippen LogP contribution is -2.24. The van der Waals surface area contributed by atoms with Crippen molar-refractivity contribution in [2.24, 2.45) is 0 Å². The number of aliphatic hydroxyl groups excluding tert-OH is 1. The predicted molar refractivity (Wildman–Crippen MR) is 89.3 cm³/mol. The molecule has 0 amide bonds. The molecule has 0 saturated carbocycles. The lowest BCUT2D eigenvalue weighted by molar-refractivity contribution is 0.171. The molecule has 5 heteroatoms. The van der Waals surface area contributed by atoms with Gasteiger partial charge in [0.2, 0.25) is 0 Å². The molecule has 0 aliphatic rings. The fraction of sp³-hybridized carbons (Fsp3) is 0.250. The minimum atomic E-state index is -0.724. The molecule has 0 fully saturated rings. The molecule has 2 nitrogen and oxygen atoms in total. The molecule has 0 aromatic heterocycles. The van der Waals surface area contributed by atoms with Gasteiger partial charge in [0.1, 0.15) is 0 Å². The van der Waals surface area contributed by atoms with Crippen LogP contribution < -0.4 is 5.32 Å². The van der Waals surface area contributed by atoms with Crippen LogP contribution in [0.2, 0.25) is 15.1 Å². The number of benzene rings is 2. The Hall–Kier alpha value is -0.770. The summed E-state index contributed by atoms with van der Waals surface area (Å²) in [4.78, 5) is 0. The van der Waals surface area contributed by atoms with Gasteiger partial charge in [0.15, 0.2) is 0 Å². The summed E-state index contributed by atoms with van der Waals surface area (Å²) >= 11 is 18.0. The molecule has 0 spiro atoms. The van der Waals surface area contributed by atoms with Crippen molar-refractivity contribution < 1.29 is 5.11 Å². The molecule has 0 aliphatic heterocycles. The predicted octanol–water partition coefficient (Wildman–Crippen LogP) is 5.03. The van der Waals surface area contributed by atoms with Crippen molar-refractivity contribution in [1.29, 1.82) is 0 Å². The van der Waals surface area contributed by atoms with Gasteiger partial charge >= 0.3 is 0 Å². The fourth-order valence-corrected chi connectivity index (χ4v) is 2.68. The standard InChI is InChI=1S/C16H16Cl3NO/c1-10(11-3-2-4-12(17)7-11)20-9-16(21)14-8-13(18)5-6-15(14)19/h2-8,10,16,20-21H,9H2,1H3/t10-,16?/m0/s1. The van der Waals surface area contributed by atoms with Crippen molar-refractivity contribution in [2.75, 3.05) is 6.54 Å². The van der Waals surface area contributed by atoms with E-state index in [1.165, 1.54) is 0 Å². The van der Waals surface area contributed by atoms with E-state index in [4.69, 9.17) is 34.8 Å². The molecule has 0 bridgehead atoms. The second kappa shape index (κ2) is 7.48. The van der Waals surface area contributed by atoms with Gasteiger partial charge in [0, 0.05) is 33.2 Å². The average molecular weight is 345 g/mol. The van der Waals surface area contributed by atoms with Crippen molar-refractivity contribution in [3.63, 3.8) is 0 Å². The molecule has 2 aromatic carbocycles. The zero-order valence-electron chi connectivity index (χ0n) is 11.5. The Morgan fingerprint density at radius 1 is 1.05 bits per heavy atom. The largest absolute Gasteiger partial charge is 0.387 e.